The van der Waals surface area contributed by atoms with Crippen molar-refractivity contribution < 1.29 is 4.42 Å². The van der Waals surface area contributed by atoms with Crippen LogP contribution >= 0.6 is 0 Å². The Morgan fingerprint density at radius 1 is 1.47 bits per heavy atom. The minimum absolute atomic E-state index is 0.0704. The summed E-state index contributed by atoms with van der Waals surface area (Å²) in [5.74, 6) is 2.31. The van der Waals surface area contributed by atoms with Crippen LogP contribution in [-0.2, 0) is 6.54 Å². The van der Waals surface area contributed by atoms with Gasteiger partial charge in [0.2, 0.25) is 0 Å². The van der Waals surface area contributed by atoms with Crippen LogP contribution in [0, 0.1) is 30.1 Å². The normalized spacial score (nSPS) is 12.7. The van der Waals surface area contributed by atoms with Gasteiger partial charge in [-0.1, -0.05) is 13.8 Å². The predicted molar refractivity (Wildman–Crippen MR) is 59.1 cm³/mol. The van der Waals surface area contributed by atoms with Crippen LogP contribution in [0.15, 0.2) is 16.5 Å². The molecular weight excluding hydrogens is 188 g/mol. The molecule has 0 aromatic carbocycles. The maximum atomic E-state index is 8.88. The van der Waals surface area contributed by atoms with E-state index in [2.05, 4.69) is 25.2 Å². The molecule has 1 N–H and O–H groups in total. The molecule has 0 amide bonds. The second kappa shape index (κ2) is 5.57. The van der Waals surface area contributed by atoms with Gasteiger partial charge >= 0.3 is 0 Å². The topological polar surface area (TPSA) is 49.0 Å². The first-order valence-electron chi connectivity index (χ1n) is 5.29. The molecule has 1 heterocycles. The van der Waals surface area contributed by atoms with Crippen LogP contribution in [-0.4, -0.2) is 6.54 Å². The van der Waals surface area contributed by atoms with Crippen LogP contribution in [0.5, 0.6) is 0 Å². The highest BCUT2D eigenvalue weighted by molar-refractivity contribution is 5.05. The second-order valence-corrected chi connectivity index (χ2v) is 4.12. The van der Waals surface area contributed by atoms with Crippen LogP contribution in [0.2, 0.25) is 0 Å². The van der Waals surface area contributed by atoms with E-state index in [-0.39, 0.29) is 5.92 Å². The summed E-state index contributed by atoms with van der Waals surface area (Å²) in [6, 6.07) is 6.20. The lowest BCUT2D eigenvalue weighted by Gasteiger charge is -2.12. The minimum atomic E-state index is 0.0704. The van der Waals surface area contributed by atoms with Gasteiger partial charge in [-0.2, -0.15) is 5.26 Å². The maximum Gasteiger partial charge on any atom is 0.117 e. The number of furan rings is 1. The van der Waals surface area contributed by atoms with Gasteiger partial charge in [-0.25, -0.2) is 0 Å². The summed E-state index contributed by atoms with van der Waals surface area (Å²) in [4.78, 5) is 0. The van der Waals surface area contributed by atoms with Gasteiger partial charge in [0.15, 0.2) is 0 Å². The molecule has 0 saturated heterocycles. The Bertz CT molecular complexity index is 336. The van der Waals surface area contributed by atoms with Gasteiger partial charge < -0.3 is 9.73 Å². The van der Waals surface area contributed by atoms with E-state index < -0.39 is 0 Å². The fourth-order valence-electron chi connectivity index (χ4n) is 1.36. The van der Waals surface area contributed by atoms with Crippen molar-refractivity contribution >= 4 is 0 Å². The van der Waals surface area contributed by atoms with E-state index in [9.17, 15) is 0 Å². The predicted octanol–water partition coefficient (Wildman–Crippen LogP) is 2.47. The minimum Gasteiger partial charge on any atom is -0.465 e. The van der Waals surface area contributed by atoms with Crippen molar-refractivity contribution in [2.24, 2.45) is 11.8 Å². The molecular formula is C12H18N2O. The number of nitrogens with zero attached hydrogens (tertiary/aromatic N) is 1. The summed E-state index contributed by atoms with van der Waals surface area (Å²) in [7, 11) is 0. The fraction of sp³-hybridized carbons (Fsp3) is 0.583. The summed E-state index contributed by atoms with van der Waals surface area (Å²) < 4.78 is 5.41. The third-order valence-corrected chi connectivity index (χ3v) is 2.43. The molecule has 0 aliphatic carbocycles. The molecule has 0 bridgehead atoms. The molecule has 1 unspecified atom stereocenters. The molecule has 82 valence electrons. The number of nitriles is 1. The molecule has 1 rings (SSSR count). The van der Waals surface area contributed by atoms with Gasteiger partial charge in [-0.3, -0.25) is 0 Å². The Hall–Kier alpha value is -1.27. The van der Waals surface area contributed by atoms with Gasteiger partial charge in [-0.05, 0) is 25.0 Å². The highest BCUT2D eigenvalue weighted by atomic mass is 16.3. The van der Waals surface area contributed by atoms with Crippen LogP contribution in [0.25, 0.3) is 0 Å². The smallest absolute Gasteiger partial charge is 0.117 e. The molecule has 3 nitrogen and oxygen atoms in total. The van der Waals surface area contributed by atoms with Crippen molar-refractivity contribution in [1.82, 2.24) is 5.32 Å². The molecule has 15 heavy (non-hydrogen) atoms. The van der Waals surface area contributed by atoms with E-state index in [4.69, 9.17) is 9.68 Å². The summed E-state index contributed by atoms with van der Waals surface area (Å²) in [5.41, 5.74) is 0. The Morgan fingerprint density at radius 2 is 2.20 bits per heavy atom. The highest BCUT2D eigenvalue weighted by Gasteiger charge is 2.11. The van der Waals surface area contributed by atoms with Crippen molar-refractivity contribution in [3.8, 4) is 6.07 Å². The maximum absolute atomic E-state index is 8.88. The average molecular weight is 206 g/mol. The Morgan fingerprint density at radius 3 is 2.67 bits per heavy atom. The zero-order chi connectivity index (χ0) is 11.3. The lowest BCUT2D eigenvalue weighted by atomic mass is 9.98. The first-order chi connectivity index (χ1) is 7.13. The van der Waals surface area contributed by atoms with Gasteiger partial charge in [-0.15, -0.1) is 0 Å². The van der Waals surface area contributed by atoms with Gasteiger partial charge in [0.05, 0.1) is 18.5 Å². The number of hydrogen-bond acceptors (Lipinski definition) is 3. The van der Waals surface area contributed by atoms with Crippen molar-refractivity contribution in [3.05, 3.63) is 23.7 Å². The van der Waals surface area contributed by atoms with Gasteiger partial charge in [0.1, 0.15) is 11.5 Å². The van der Waals surface area contributed by atoms with E-state index in [0.29, 0.717) is 19.0 Å². The van der Waals surface area contributed by atoms with Crippen LogP contribution in [0.1, 0.15) is 25.4 Å². The van der Waals surface area contributed by atoms with E-state index in [1.807, 2.05) is 19.1 Å². The van der Waals surface area contributed by atoms with Crippen molar-refractivity contribution in [1.29, 1.82) is 5.26 Å². The van der Waals surface area contributed by atoms with E-state index in [1.54, 1.807) is 0 Å². The first kappa shape index (κ1) is 11.8. The molecule has 0 aliphatic rings. The van der Waals surface area contributed by atoms with Crippen molar-refractivity contribution in [3.63, 3.8) is 0 Å². The molecule has 0 radical (unpaired) electrons. The second-order valence-electron chi connectivity index (χ2n) is 4.12. The third-order valence-electron chi connectivity index (χ3n) is 2.43. The summed E-state index contributed by atoms with van der Waals surface area (Å²) in [6.45, 7) is 7.46. The number of hydrogen-bond donors (Lipinski definition) is 1. The molecule has 0 aliphatic heterocycles. The van der Waals surface area contributed by atoms with E-state index in [1.165, 1.54) is 0 Å². The number of aryl methyl sites for hydroxylation is 1. The fourth-order valence-corrected chi connectivity index (χ4v) is 1.36. The zero-order valence-electron chi connectivity index (χ0n) is 9.58. The van der Waals surface area contributed by atoms with Crippen molar-refractivity contribution in [2.45, 2.75) is 27.3 Å². The molecule has 0 spiro atoms. The standard InChI is InChI=1S/C12H18N2O/c1-9(2)11(6-13)7-14-8-12-5-4-10(3)15-12/h4-5,9,11,14H,7-8H2,1-3H3. The Balaban J connectivity index is 2.30. The van der Waals surface area contributed by atoms with Crippen molar-refractivity contribution in [2.75, 3.05) is 6.54 Å². The monoisotopic (exact) mass is 206 g/mol. The van der Waals surface area contributed by atoms with Crippen LogP contribution in [0.4, 0.5) is 0 Å². The molecule has 1 atom stereocenters. The molecule has 1 aromatic rings. The molecule has 0 saturated carbocycles. The number of nitrogens with one attached hydrogen (secondary N) is 1. The SMILES string of the molecule is Cc1ccc(CNCC(C#N)C(C)C)o1. The molecule has 3 heteroatoms. The summed E-state index contributed by atoms with van der Waals surface area (Å²) in [5, 5.41) is 12.1. The zero-order valence-corrected chi connectivity index (χ0v) is 9.58. The lowest BCUT2D eigenvalue weighted by molar-refractivity contribution is 0.414. The van der Waals surface area contributed by atoms with Crippen LogP contribution in [0.3, 0.4) is 0 Å². The summed E-state index contributed by atoms with van der Waals surface area (Å²) >= 11 is 0. The average Bonchev–Trinajstić information content (AvgIpc) is 2.58. The molecule has 0 fully saturated rings. The lowest BCUT2D eigenvalue weighted by Crippen LogP contribution is -2.24. The highest BCUT2D eigenvalue weighted by Crippen LogP contribution is 2.09. The molecule has 1 aromatic heterocycles. The Kier molecular flexibility index (Phi) is 4.38. The third kappa shape index (κ3) is 3.77. The summed E-state index contributed by atoms with van der Waals surface area (Å²) in [6.07, 6.45) is 0. The van der Waals surface area contributed by atoms with Gasteiger partial charge in [0.25, 0.3) is 0 Å². The van der Waals surface area contributed by atoms with Gasteiger partial charge in [0, 0.05) is 6.54 Å². The van der Waals surface area contributed by atoms with E-state index in [0.717, 1.165) is 11.5 Å². The largest absolute Gasteiger partial charge is 0.465 e. The number of rotatable bonds is 5. The quantitative estimate of drug-likeness (QED) is 0.805. The first-order valence-corrected chi connectivity index (χ1v) is 5.29. The van der Waals surface area contributed by atoms with Crippen LogP contribution < -0.4 is 5.32 Å². The Labute approximate surface area is 91.1 Å². The van der Waals surface area contributed by atoms with E-state index >= 15 is 0 Å².